The van der Waals surface area contributed by atoms with Gasteiger partial charge >= 0.3 is 0 Å². The van der Waals surface area contributed by atoms with Gasteiger partial charge in [-0.15, -0.1) is 0 Å². The van der Waals surface area contributed by atoms with Crippen LogP contribution in [0.3, 0.4) is 0 Å². The van der Waals surface area contributed by atoms with Crippen molar-refractivity contribution in [2.75, 3.05) is 13.1 Å². The SMILES string of the molecule is Cc1ccc(/C=C2\SC(=O)N(CCNC(=O)c3ccc(Cl)cc3Cl)C2=O)cc1. The van der Waals surface area contributed by atoms with Gasteiger partial charge in [-0.05, 0) is 48.5 Å². The summed E-state index contributed by atoms with van der Waals surface area (Å²) in [6.45, 7) is 2.17. The fourth-order valence-electron chi connectivity index (χ4n) is 2.56. The largest absolute Gasteiger partial charge is 0.350 e. The van der Waals surface area contributed by atoms with Crippen molar-refractivity contribution in [2.24, 2.45) is 0 Å². The molecule has 1 saturated heterocycles. The van der Waals surface area contributed by atoms with Crippen molar-refractivity contribution >= 4 is 58.1 Å². The second-order valence-corrected chi connectivity index (χ2v) is 7.96. The molecule has 5 nitrogen and oxygen atoms in total. The predicted molar refractivity (Wildman–Crippen MR) is 113 cm³/mol. The minimum Gasteiger partial charge on any atom is -0.350 e. The van der Waals surface area contributed by atoms with Gasteiger partial charge in [0.15, 0.2) is 0 Å². The van der Waals surface area contributed by atoms with Crippen LogP contribution >= 0.6 is 35.0 Å². The Kier molecular flexibility index (Phi) is 6.44. The van der Waals surface area contributed by atoms with Gasteiger partial charge in [0.25, 0.3) is 17.1 Å². The van der Waals surface area contributed by atoms with Crippen LogP contribution in [0.4, 0.5) is 4.79 Å². The highest BCUT2D eigenvalue weighted by molar-refractivity contribution is 8.18. The second-order valence-electron chi connectivity index (χ2n) is 6.12. The molecule has 1 aliphatic rings. The highest BCUT2D eigenvalue weighted by Gasteiger charge is 2.34. The maximum atomic E-state index is 12.5. The van der Waals surface area contributed by atoms with Crippen LogP contribution in [0.2, 0.25) is 10.0 Å². The Morgan fingerprint density at radius 1 is 1.14 bits per heavy atom. The molecule has 144 valence electrons. The molecule has 3 rings (SSSR count). The summed E-state index contributed by atoms with van der Waals surface area (Å²) in [6, 6.07) is 12.2. The summed E-state index contributed by atoms with van der Waals surface area (Å²) in [4.78, 5) is 38.3. The minimum absolute atomic E-state index is 0.0762. The monoisotopic (exact) mass is 434 g/mol. The summed E-state index contributed by atoms with van der Waals surface area (Å²) in [6.07, 6.45) is 1.69. The third-order valence-corrected chi connectivity index (χ3v) is 5.50. The standard InChI is InChI=1S/C20H16Cl2N2O3S/c1-12-2-4-13(5-3-12)10-17-19(26)24(20(27)28-17)9-8-23-18(25)15-7-6-14(21)11-16(15)22/h2-7,10-11H,8-9H2,1H3,(H,23,25)/b17-10-. The second kappa shape index (κ2) is 8.82. The van der Waals surface area contributed by atoms with Crippen molar-refractivity contribution in [3.05, 3.63) is 74.1 Å². The fraction of sp³-hybridized carbons (Fsp3) is 0.150. The van der Waals surface area contributed by atoms with E-state index in [-0.39, 0.29) is 34.8 Å². The first-order chi connectivity index (χ1) is 13.3. The van der Waals surface area contributed by atoms with Crippen molar-refractivity contribution in [3.8, 4) is 0 Å². The van der Waals surface area contributed by atoms with Gasteiger partial charge in [-0.1, -0.05) is 53.0 Å². The zero-order valence-corrected chi connectivity index (χ0v) is 17.2. The smallest absolute Gasteiger partial charge is 0.293 e. The van der Waals surface area contributed by atoms with Gasteiger partial charge in [-0.2, -0.15) is 0 Å². The summed E-state index contributed by atoms with van der Waals surface area (Å²) < 4.78 is 0. The molecule has 0 aliphatic carbocycles. The van der Waals surface area contributed by atoms with E-state index in [9.17, 15) is 14.4 Å². The molecule has 0 spiro atoms. The topological polar surface area (TPSA) is 66.5 Å². The van der Waals surface area contributed by atoms with E-state index in [4.69, 9.17) is 23.2 Å². The zero-order valence-electron chi connectivity index (χ0n) is 14.9. The molecule has 1 heterocycles. The Morgan fingerprint density at radius 3 is 2.54 bits per heavy atom. The molecule has 1 fully saturated rings. The van der Waals surface area contributed by atoms with Gasteiger partial charge in [-0.25, -0.2) is 0 Å². The number of aryl methyl sites for hydroxylation is 1. The molecule has 1 N–H and O–H groups in total. The number of rotatable bonds is 5. The van der Waals surface area contributed by atoms with E-state index in [1.54, 1.807) is 12.1 Å². The third-order valence-electron chi connectivity index (χ3n) is 4.05. The Morgan fingerprint density at radius 2 is 1.86 bits per heavy atom. The first-order valence-electron chi connectivity index (χ1n) is 8.40. The number of hydrogen-bond acceptors (Lipinski definition) is 4. The van der Waals surface area contributed by atoms with Crippen LogP contribution in [-0.4, -0.2) is 35.0 Å². The number of amides is 3. The Hall–Kier alpha value is -2.28. The van der Waals surface area contributed by atoms with Gasteiger partial charge in [0, 0.05) is 18.1 Å². The van der Waals surface area contributed by atoms with Crippen molar-refractivity contribution in [1.82, 2.24) is 10.2 Å². The quantitative estimate of drug-likeness (QED) is 0.688. The van der Waals surface area contributed by atoms with E-state index in [1.807, 2.05) is 31.2 Å². The van der Waals surface area contributed by atoms with Crippen LogP contribution in [0.5, 0.6) is 0 Å². The molecule has 0 unspecified atom stereocenters. The lowest BCUT2D eigenvalue weighted by Gasteiger charge is -2.13. The number of benzene rings is 2. The van der Waals surface area contributed by atoms with Gasteiger partial charge in [-0.3, -0.25) is 19.3 Å². The van der Waals surface area contributed by atoms with Crippen molar-refractivity contribution in [2.45, 2.75) is 6.92 Å². The maximum Gasteiger partial charge on any atom is 0.293 e. The highest BCUT2D eigenvalue weighted by atomic mass is 35.5. The summed E-state index contributed by atoms with van der Waals surface area (Å²) in [5.74, 6) is -0.766. The number of nitrogens with one attached hydrogen (secondary N) is 1. The fourth-order valence-corrected chi connectivity index (χ4v) is 3.92. The summed E-state index contributed by atoms with van der Waals surface area (Å²) >= 11 is 12.7. The normalized spacial score (nSPS) is 15.4. The molecule has 8 heteroatoms. The molecule has 0 saturated carbocycles. The number of carbonyl (C=O) groups is 3. The molecule has 1 aliphatic heterocycles. The van der Waals surface area contributed by atoms with E-state index < -0.39 is 5.91 Å². The molecule has 0 radical (unpaired) electrons. The molecule has 28 heavy (non-hydrogen) atoms. The lowest BCUT2D eigenvalue weighted by molar-refractivity contribution is -0.122. The molecular weight excluding hydrogens is 419 g/mol. The summed E-state index contributed by atoms with van der Waals surface area (Å²) in [7, 11) is 0. The first-order valence-corrected chi connectivity index (χ1v) is 9.97. The maximum absolute atomic E-state index is 12.5. The van der Waals surface area contributed by atoms with Crippen molar-refractivity contribution in [3.63, 3.8) is 0 Å². The molecule has 0 bridgehead atoms. The third kappa shape index (κ3) is 4.76. The van der Waals surface area contributed by atoms with Crippen LogP contribution < -0.4 is 5.32 Å². The predicted octanol–water partition coefficient (Wildman–Crippen LogP) is 4.77. The molecular formula is C20H16Cl2N2O3S. The molecule has 2 aromatic carbocycles. The van der Waals surface area contributed by atoms with Crippen LogP contribution in [0.25, 0.3) is 6.08 Å². The van der Waals surface area contributed by atoms with Crippen LogP contribution in [0.15, 0.2) is 47.4 Å². The van der Waals surface area contributed by atoms with Crippen LogP contribution in [0.1, 0.15) is 21.5 Å². The average Bonchev–Trinajstić information content (AvgIpc) is 2.91. The molecule has 2 aromatic rings. The van der Waals surface area contributed by atoms with Gasteiger partial charge < -0.3 is 5.32 Å². The number of nitrogens with zero attached hydrogens (tertiary/aromatic N) is 1. The lowest BCUT2D eigenvalue weighted by atomic mass is 10.1. The van der Waals surface area contributed by atoms with E-state index in [2.05, 4.69) is 5.32 Å². The van der Waals surface area contributed by atoms with Crippen molar-refractivity contribution in [1.29, 1.82) is 0 Å². The average molecular weight is 435 g/mol. The summed E-state index contributed by atoms with van der Waals surface area (Å²) in [5.41, 5.74) is 2.24. The van der Waals surface area contributed by atoms with E-state index in [0.29, 0.717) is 9.93 Å². The van der Waals surface area contributed by atoms with Gasteiger partial charge in [0.1, 0.15) is 0 Å². The lowest BCUT2D eigenvalue weighted by Crippen LogP contribution is -2.37. The Labute approximate surface area is 176 Å². The molecule has 0 aromatic heterocycles. The minimum atomic E-state index is -0.399. The van der Waals surface area contributed by atoms with Crippen molar-refractivity contribution < 1.29 is 14.4 Å². The Bertz CT molecular complexity index is 974. The van der Waals surface area contributed by atoms with Crippen LogP contribution in [0, 0.1) is 6.92 Å². The number of imide groups is 1. The molecule has 3 amide bonds. The number of thioether (sulfide) groups is 1. The molecule has 0 atom stereocenters. The van der Waals surface area contributed by atoms with E-state index in [0.717, 1.165) is 27.8 Å². The van der Waals surface area contributed by atoms with Crippen LogP contribution in [-0.2, 0) is 4.79 Å². The highest BCUT2D eigenvalue weighted by Crippen LogP contribution is 2.32. The number of halogens is 2. The zero-order chi connectivity index (χ0) is 20.3. The van der Waals surface area contributed by atoms with Gasteiger partial charge in [0.05, 0.1) is 15.5 Å². The van der Waals surface area contributed by atoms with Gasteiger partial charge in [0.2, 0.25) is 0 Å². The first kappa shape index (κ1) is 20.5. The van der Waals surface area contributed by atoms with E-state index >= 15 is 0 Å². The Balaban J connectivity index is 1.60. The summed E-state index contributed by atoms with van der Waals surface area (Å²) in [5, 5.41) is 2.96. The number of carbonyl (C=O) groups excluding carboxylic acids is 3. The van der Waals surface area contributed by atoms with E-state index in [1.165, 1.54) is 12.1 Å². The number of hydrogen-bond donors (Lipinski definition) is 1.